The van der Waals surface area contributed by atoms with Gasteiger partial charge in [0.25, 0.3) is 0 Å². The van der Waals surface area contributed by atoms with Crippen molar-refractivity contribution in [1.82, 2.24) is 0 Å². The third kappa shape index (κ3) is 5.33. The van der Waals surface area contributed by atoms with Crippen LogP contribution in [0.15, 0.2) is 30.3 Å². The molecule has 0 heterocycles. The van der Waals surface area contributed by atoms with Crippen LogP contribution in [-0.4, -0.2) is 11.8 Å². The molecule has 0 bridgehead atoms. The lowest BCUT2D eigenvalue weighted by Crippen LogP contribution is -2.30. The molecule has 1 aromatic carbocycles. The lowest BCUT2D eigenvalue weighted by molar-refractivity contribution is -0.156. The molecule has 0 aliphatic carbocycles. The maximum atomic E-state index is 12.2. The lowest BCUT2D eigenvalue weighted by atomic mass is 9.77. The second-order valence-electron chi connectivity index (χ2n) is 6.89. The summed E-state index contributed by atoms with van der Waals surface area (Å²) in [6.07, 6.45) is 1.31. The first-order chi connectivity index (χ1) is 9.65. The normalized spacial score (nSPS) is 12.0. The number of ether oxygens (including phenoxy) is 1. The van der Waals surface area contributed by atoms with Crippen molar-refractivity contribution in [2.24, 2.45) is 10.8 Å². The van der Waals surface area contributed by atoms with Crippen molar-refractivity contribution < 1.29 is 14.3 Å². The summed E-state index contributed by atoms with van der Waals surface area (Å²) in [5.41, 5.74) is 0.00378. The second-order valence-corrected chi connectivity index (χ2v) is 6.89. The molecular weight excluding hydrogens is 264 g/mol. The largest absolute Gasteiger partial charge is 0.460 e. The third-order valence-electron chi connectivity index (χ3n) is 4.09. The summed E-state index contributed by atoms with van der Waals surface area (Å²) < 4.78 is 5.39. The fourth-order valence-electron chi connectivity index (χ4n) is 1.82. The first-order valence-electron chi connectivity index (χ1n) is 7.37. The number of carbonyl (C=O) groups is 2. The Morgan fingerprint density at radius 2 is 1.48 bits per heavy atom. The number of hydrogen-bond donors (Lipinski definition) is 0. The van der Waals surface area contributed by atoms with Gasteiger partial charge < -0.3 is 4.74 Å². The highest BCUT2D eigenvalue weighted by molar-refractivity contribution is 5.81. The average molecular weight is 290 g/mol. The number of Topliss-reactive ketones (excluding diaryl/α,β-unsaturated/α-hetero) is 1. The highest BCUT2D eigenvalue weighted by atomic mass is 16.5. The molecule has 0 unspecified atom stereocenters. The summed E-state index contributed by atoms with van der Waals surface area (Å²) in [5, 5.41) is 0. The molecule has 0 N–H and O–H groups in total. The van der Waals surface area contributed by atoms with Gasteiger partial charge in [0.05, 0.1) is 5.41 Å². The van der Waals surface area contributed by atoms with Crippen molar-refractivity contribution in [2.75, 3.05) is 0 Å². The van der Waals surface area contributed by atoms with Gasteiger partial charge in [-0.1, -0.05) is 44.2 Å². The van der Waals surface area contributed by atoms with Gasteiger partial charge in [-0.3, -0.25) is 9.59 Å². The topological polar surface area (TPSA) is 43.4 Å². The minimum Gasteiger partial charge on any atom is -0.460 e. The van der Waals surface area contributed by atoms with Gasteiger partial charge >= 0.3 is 5.97 Å². The third-order valence-corrected chi connectivity index (χ3v) is 4.09. The quantitative estimate of drug-likeness (QED) is 0.708. The van der Waals surface area contributed by atoms with Gasteiger partial charge in [-0.15, -0.1) is 0 Å². The molecule has 1 aromatic rings. The Hall–Kier alpha value is -1.64. The molecule has 21 heavy (non-hydrogen) atoms. The van der Waals surface area contributed by atoms with E-state index in [0.717, 1.165) is 5.56 Å². The first-order valence-corrected chi connectivity index (χ1v) is 7.37. The van der Waals surface area contributed by atoms with Crippen LogP contribution in [-0.2, 0) is 20.9 Å². The average Bonchev–Trinajstić information content (AvgIpc) is 2.43. The van der Waals surface area contributed by atoms with Crippen LogP contribution in [0.25, 0.3) is 0 Å². The van der Waals surface area contributed by atoms with Crippen LogP contribution in [0, 0.1) is 10.8 Å². The maximum Gasteiger partial charge on any atom is 0.311 e. The van der Waals surface area contributed by atoms with Crippen LogP contribution >= 0.6 is 0 Å². The predicted molar refractivity (Wildman–Crippen MR) is 83.7 cm³/mol. The summed E-state index contributed by atoms with van der Waals surface area (Å²) >= 11 is 0. The minimum atomic E-state index is -0.582. The molecule has 0 radical (unpaired) electrons. The fraction of sp³-hybridized carbons (Fsp3) is 0.556. The summed E-state index contributed by atoms with van der Waals surface area (Å²) in [7, 11) is 0. The van der Waals surface area contributed by atoms with E-state index in [1.807, 2.05) is 58.0 Å². The van der Waals surface area contributed by atoms with E-state index >= 15 is 0 Å². The Bertz CT molecular complexity index is 486. The van der Waals surface area contributed by atoms with Crippen LogP contribution in [0.5, 0.6) is 0 Å². The highest BCUT2D eigenvalue weighted by Gasteiger charge is 2.33. The van der Waals surface area contributed by atoms with Crippen LogP contribution in [0.4, 0.5) is 0 Å². The molecule has 3 heteroatoms. The zero-order valence-electron chi connectivity index (χ0n) is 13.7. The second kappa shape index (κ2) is 6.88. The molecular formula is C18H26O3. The Kier molecular flexibility index (Phi) is 5.70. The van der Waals surface area contributed by atoms with Gasteiger partial charge in [-0.2, -0.15) is 0 Å². The van der Waals surface area contributed by atoms with E-state index in [9.17, 15) is 9.59 Å². The molecule has 0 aliphatic rings. The Labute approximate surface area is 127 Å². The van der Waals surface area contributed by atoms with E-state index < -0.39 is 10.8 Å². The number of hydrogen-bond acceptors (Lipinski definition) is 3. The standard InChI is InChI=1S/C18H26O3/c1-14(19)17(2,3)11-12-18(4,5)16(20)21-13-15-9-7-6-8-10-15/h6-10H,11-13H2,1-5H3. The van der Waals surface area contributed by atoms with E-state index in [0.29, 0.717) is 19.4 Å². The van der Waals surface area contributed by atoms with Crippen molar-refractivity contribution in [2.45, 2.75) is 54.1 Å². The van der Waals surface area contributed by atoms with Crippen molar-refractivity contribution in [1.29, 1.82) is 0 Å². The van der Waals surface area contributed by atoms with Gasteiger partial charge in [0.2, 0.25) is 0 Å². The Morgan fingerprint density at radius 3 is 2.00 bits per heavy atom. The lowest BCUT2D eigenvalue weighted by Gasteiger charge is -2.28. The van der Waals surface area contributed by atoms with Gasteiger partial charge in [0.15, 0.2) is 0 Å². The van der Waals surface area contributed by atoms with Crippen LogP contribution < -0.4 is 0 Å². The predicted octanol–water partition coefficient (Wildman–Crippen LogP) is 4.15. The number of benzene rings is 1. The van der Waals surface area contributed by atoms with Crippen molar-refractivity contribution >= 4 is 11.8 Å². The summed E-state index contributed by atoms with van der Waals surface area (Å²) in [6, 6.07) is 9.63. The zero-order valence-corrected chi connectivity index (χ0v) is 13.7. The number of rotatable bonds is 7. The Morgan fingerprint density at radius 1 is 0.952 bits per heavy atom. The zero-order chi connectivity index (χ0) is 16.1. The van der Waals surface area contributed by atoms with Gasteiger partial charge in [0, 0.05) is 5.41 Å². The summed E-state index contributed by atoms with van der Waals surface area (Å²) in [4.78, 5) is 23.8. The van der Waals surface area contributed by atoms with Crippen molar-refractivity contribution in [3.05, 3.63) is 35.9 Å². The van der Waals surface area contributed by atoms with Crippen LogP contribution in [0.2, 0.25) is 0 Å². The number of ketones is 1. The van der Waals surface area contributed by atoms with E-state index in [1.165, 1.54) is 0 Å². The fourth-order valence-corrected chi connectivity index (χ4v) is 1.82. The molecule has 0 atom stereocenters. The van der Waals surface area contributed by atoms with Gasteiger partial charge in [0.1, 0.15) is 12.4 Å². The van der Waals surface area contributed by atoms with Gasteiger partial charge in [-0.25, -0.2) is 0 Å². The molecule has 0 saturated heterocycles. The monoisotopic (exact) mass is 290 g/mol. The molecule has 0 spiro atoms. The number of esters is 1. The molecule has 0 amide bonds. The Balaban J connectivity index is 2.53. The SMILES string of the molecule is CC(=O)C(C)(C)CCC(C)(C)C(=O)OCc1ccccc1. The van der Waals surface area contributed by atoms with E-state index in [-0.39, 0.29) is 11.8 Å². The molecule has 3 nitrogen and oxygen atoms in total. The van der Waals surface area contributed by atoms with Gasteiger partial charge in [-0.05, 0) is 39.2 Å². The molecule has 0 aromatic heterocycles. The highest BCUT2D eigenvalue weighted by Crippen LogP contribution is 2.32. The van der Waals surface area contributed by atoms with Crippen molar-refractivity contribution in [3.63, 3.8) is 0 Å². The van der Waals surface area contributed by atoms with E-state index in [2.05, 4.69) is 0 Å². The minimum absolute atomic E-state index is 0.149. The molecule has 116 valence electrons. The van der Waals surface area contributed by atoms with E-state index in [4.69, 9.17) is 4.74 Å². The number of carbonyl (C=O) groups excluding carboxylic acids is 2. The van der Waals surface area contributed by atoms with Crippen molar-refractivity contribution in [3.8, 4) is 0 Å². The molecule has 0 saturated carbocycles. The molecule has 0 fully saturated rings. The maximum absolute atomic E-state index is 12.2. The van der Waals surface area contributed by atoms with E-state index in [1.54, 1.807) is 6.92 Å². The molecule has 1 rings (SSSR count). The first kappa shape index (κ1) is 17.4. The summed E-state index contributed by atoms with van der Waals surface area (Å²) in [5.74, 6) is -0.0679. The van der Waals surface area contributed by atoms with Crippen LogP contribution in [0.3, 0.4) is 0 Å². The smallest absolute Gasteiger partial charge is 0.311 e. The molecule has 0 aliphatic heterocycles. The summed E-state index contributed by atoms with van der Waals surface area (Å²) in [6.45, 7) is 9.47. The van der Waals surface area contributed by atoms with Crippen LogP contribution in [0.1, 0.15) is 53.0 Å².